The number of aromatic nitrogens is 4. The summed E-state index contributed by atoms with van der Waals surface area (Å²) in [4.78, 5) is 2.38. The fourth-order valence-electron chi connectivity index (χ4n) is 3.20. The van der Waals surface area contributed by atoms with Crippen LogP contribution < -0.4 is 4.90 Å². The van der Waals surface area contributed by atoms with E-state index >= 15 is 0 Å². The summed E-state index contributed by atoms with van der Waals surface area (Å²) in [6, 6.07) is 4.50. The Hall–Kier alpha value is -1.69. The van der Waals surface area contributed by atoms with E-state index in [4.69, 9.17) is 9.84 Å². The molecule has 4 rings (SSSR count). The third-order valence-electron chi connectivity index (χ3n) is 4.60. The third-order valence-corrected chi connectivity index (χ3v) is 4.60. The Morgan fingerprint density at radius 3 is 2.74 bits per heavy atom. The van der Waals surface area contributed by atoms with Gasteiger partial charge in [0.15, 0.2) is 11.5 Å². The van der Waals surface area contributed by atoms with Crippen LogP contribution in [0.25, 0.3) is 5.65 Å². The van der Waals surface area contributed by atoms with Gasteiger partial charge in [0.25, 0.3) is 0 Å². The molecule has 6 heteroatoms. The van der Waals surface area contributed by atoms with Gasteiger partial charge in [0, 0.05) is 12.5 Å². The molecule has 1 aliphatic carbocycles. The van der Waals surface area contributed by atoms with Gasteiger partial charge in [-0.25, -0.2) is 0 Å². The minimum absolute atomic E-state index is 0.0982. The van der Waals surface area contributed by atoms with Crippen molar-refractivity contribution >= 4 is 11.5 Å². The lowest BCUT2D eigenvalue weighted by Gasteiger charge is -2.29. The Balaban J connectivity index is 1.58. The van der Waals surface area contributed by atoms with Gasteiger partial charge in [0.2, 0.25) is 0 Å². The second-order valence-corrected chi connectivity index (χ2v) is 7.71. The van der Waals surface area contributed by atoms with E-state index in [1.807, 2.05) is 10.6 Å². The van der Waals surface area contributed by atoms with Crippen molar-refractivity contribution in [3.63, 3.8) is 0 Å². The van der Waals surface area contributed by atoms with E-state index in [2.05, 4.69) is 41.9 Å². The first kappa shape index (κ1) is 14.9. The van der Waals surface area contributed by atoms with E-state index in [1.54, 1.807) is 0 Å². The predicted molar refractivity (Wildman–Crippen MR) is 88.8 cm³/mol. The lowest BCUT2D eigenvalue weighted by atomic mass is 10.2. The number of fused-ring (bicyclic) bond motifs is 1. The van der Waals surface area contributed by atoms with Crippen molar-refractivity contribution in [1.82, 2.24) is 19.8 Å². The summed E-state index contributed by atoms with van der Waals surface area (Å²) in [6.45, 7) is 8.11. The molecule has 0 radical (unpaired) electrons. The van der Waals surface area contributed by atoms with Gasteiger partial charge in [-0.1, -0.05) is 0 Å². The van der Waals surface area contributed by atoms with E-state index in [1.165, 1.54) is 19.3 Å². The Morgan fingerprint density at radius 2 is 2.00 bits per heavy atom. The highest BCUT2D eigenvalue weighted by atomic mass is 16.5. The molecule has 6 nitrogen and oxygen atoms in total. The highest BCUT2D eigenvalue weighted by Gasteiger charge is 2.31. The topological polar surface area (TPSA) is 55.5 Å². The first-order valence-corrected chi connectivity index (χ1v) is 8.64. The average Bonchev–Trinajstić information content (AvgIpc) is 3.09. The van der Waals surface area contributed by atoms with Crippen molar-refractivity contribution in [3.8, 4) is 0 Å². The van der Waals surface area contributed by atoms with Gasteiger partial charge in [0.05, 0.1) is 18.2 Å². The molecule has 1 atom stereocenters. The summed E-state index contributed by atoms with van der Waals surface area (Å²) in [5.74, 6) is 2.58. The van der Waals surface area contributed by atoms with Gasteiger partial charge in [-0.2, -0.15) is 4.52 Å². The number of hydrogen-bond acceptors (Lipinski definition) is 5. The number of anilines is 1. The zero-order valence-corrected chi connectivity index (χ0v) is 14.2. The smallest absolute Gasteiger partial charge is 0.178 e. The number of nitrogens with zero attached hydrogens (tertiary/aromatic N) is 5. The molecule has 0 spiro atoms. The minimum Gasteiger partial charge on any atom is -0.374 e. The van der Waals surface area contributed by atoms with E-state index in [-0.39, 0.29) is 5.60 Å². The number of hydrogen-bond donors (Lipinski definition) is 0. The molecule has 2 aromatic rings. The molecule has 0 amide bonds. The maximum Gasteiger partial charge on any atom is 0.178 e. The zero-order chi connectivity index (χ0) is 16.0. The van der Waals surface area contributed by atoms with Crippen molar-refractivity contribution in [2.24, 2.45) is 0 Å². The molecule has 2 aliphatic rings. The van der Waals surface area contributed by atoms with Crippen molar-refractivity contribution < 1.29 is 4.74 Å². The molecule has 0 bridgehead atoms. The molecule has 2 aromatic heterocycles. The summed E-state index contributed by atoms with van der Waals surface area (Å²) >= 11 is 0. The molecule has 1 saturated carbocycles. The van der Waals surface area contributed by atoms with Crippen LogP contribution in [0.4, 0.5) is 5.82 Å². The maximum atomic E-state index is 6.01. The molecule has 3 heterocycles. The van der Waals surface area contributed by atoms with Gasteiger partial charge < -0.3 is 9.64 Å². The average molecular weight is 315 g/mol. The Bertz CT molecular complexity index is 701. The second-order valence-electron chi connectivity index (χ2n) is 7.71. The number of rotatable bonds is 4. The lowest BCUT2D eigenvalue weighted by molar-refractivity contribution is -0.00941. The van der Waals surface area contributed by atoms with Gasteiger partial charge >= 0.3 is 0 Å². The molecule has 23 heavy (non-hydrogen) atoms. The Kier molecular flexibility index (Phi) is 3.52. The fourth-order valence-corrected chi connectivity index (χ4v) is 3.20. The summed E-state index contributed by atoms with van der Waals surface area (Å²) in [7, 11) is 0. The van der Waals surface area contributed by atoms with Crippen LogP contribution >= 0.6 is 0 Å². The van der Waals surface area contributed by atoms with Crippen molar-refractivity contribution in [2.75, 3.05) is 18.1 Å². The van der Waals surface area contributed by atoms with Crippen LogP contribution in [0.2, 0.25) is 0 Å². The monoisotopic (exact) mass is 315 g/mol. The SMILES string of the molecule is CC(C)(C)OC[C@H]1CCCN1c1ccc2nnc(C3CC3)n2n1. The van der Waals surface area contributed by atoms with E-state index < -0.39 is 0 Å². The standard InChI is InChI=1S/C17H25N5O/c1-17(2,3)23-11-13-5-4-10-21(13)15-9-8-14-18-19-16(12-6-7-12)22(14)20-15/h8-9,12-13H,4-7,10-11H2,1-3H3/t13-/m1/s1. The lowest BCUT2D eigenvalue weighted by Crippen LogP contribution is -2.36. The van der Waals surface area contributed by atoms with Gasteiger partial charge in [0.1, 0.15) is 5.82 Å². The maximum absolute atomic E-state index is 6.01. The van der Waals surface area contributed by atoms with Crippen molar-refractivity contribution in [2.45, 2.75) is 64.0 Å². The third kappa shape index (κ3) is 3.04. The minimum atomic E-state index is -0.0982. The Labute approximate surface area is 136 Å². The van der Waals surface area contributed by atoms with Crippen molar-refractivity contribution in [1.29, 1.82) is 0 Å². The van der Waals surface area contributed by atoms with Gasteiger partial charge in [-0.15, -0.1) is 15.3 Å². The molecule has 0 aromatic carbocycles. The quantitative estimate of drug-likeness (QED) is 0.868. The van der Waals surface area contributed by atoms with Crippen LogP contribution in [0.15, 0.2) is 12.1 Å². The molecule has 2 fully saturated rings. The number of ether oxygens (including phenoxy) is 1. The van der Waals surface area contributed by atoms with Crippen LogP contribution in [0, 0.1) is 0 Å². The second kappa shape index (κ2) is 5.44. The summed E-state index contributed by atoms with van der Waals surface area (Å²) < 4.78 is 7.95. The molecule has 124 valence electrons. The summed E-state index contributed by atoms with van der Waals surface area (Å²) in [5, 5.41) is 13.4. The van der Waals surface area contributed by atoms with Crippen molar-refractivity contribution in [3.05, 3.63) is 18.0 Å². The highest BCUT2D eigenvalue weighted by Crippen LogP contribution is 2.39. The summed E-state index contributed by atoms with van der Waals surface area (Å²) in [6.07, 6.45) is 4.76. The van der Waals surface area contributed by atoms with Crippen LogP contribution in [0.1, 0.15) is 58.2 Å². The summed E-state index contributed by atoms with van der Waals surface area (Å²) in [5.41, 5.74) is 0.747. The zero-order valence-electron chi connectivity index (χ0n) is 14.2. The Morgan fingerprint density at radius 1 is 1.17 bits per heavy atom. The molecule has 1 saturated heterocycles. The molecule has 0 unspecified atom stereocenters. The first-order valence-electron chi connectivity index (χ1n) is 8.64. The van der Waals surface area contributed by atoms with Gasteiger partial charge in [-0.3, -0.25) is 0 Å². The van der Waals surface area contributed by atoms with Crippen LogP contribution in [-0.2, 0) is 4.74 Å². The normalized spacial score (nSPS) is 22.2. The largest absolute Gasteiger partial charge is 0.374 e. The molecule has 1 aliphatic heterocycles. The molecule has 0 N–H and O–H groups in total. The van der Waals surface area contributed by atoms with E-state index in [0.717, 1.165) is 36.9 Å². The molecular weight excluding hydrogens is 290 g/mol. The predicted octanol–water partition coefficient (Wildman–Crippen LogP) is 2.79. The van der Waals surface area contributed by atoms with Gasteiger partial charge in [-0.05, 0) is 58.6 Å². The van der Waals surface area contributed by atoms with Crippen LogP contribution in [0.3, 0.4) is 0 Å². The fraction of sp³-hybridized carbons (Fsp3) is 0.706. The highest BCUT2D eigenvalue weighted by molar-refractivity contribution is 5.47. The molecular formula is C17H25N5O. The first-order chi connectivity index (χ1) is 11.0. The van der Waals surface area contributed by atoms with E-state index in [0.29, 0.717) is 12.0 Å². The van der Waals surface area contributed by atoms with Crippen LogP contribution in [-0.4, -0.2) is 44.6 Å². The van der Waals surface area contributed by atoms with Crippen LogP contribution in [0.5, 0.6) is 0 Å². The van der Waals surface area contributed by atoms with E-state index in [9.17, 15) is 0 Å².